The molecule has 0 aromatic heterocycles. The van der Waals surface area contributed by atoms with Crippen LogP contribution in [0.15, 0.2) is 35.2 Å². The number of aryl methyl sites for hydroxylation is 2. The van der Waals surface area contributed by atoms with E-state index >= 15 is 0 Å². The number of hydrogen-bond donors (Lipinski definition) is 1. The second-order valence-electron chi connectivity index (χ2n) is 5.68. The highest BCUT2D eigenvalue weighted by molar-refractivity contribution is 7.92. The molecule has 0 fully saturated rings. The molecule has 0 saturated carbocycles. The first-order valence-corrected chi connectivity index (χ1v) is 9.42. The second kappa shape index (κ2) is 6.53. The number of sulfonamides is 1. The van der Waals surface area contributed by atoms with Crippen LogP contribution >= 0.6 is 11.6 Å². The molecule has 0 spiro atoms. The Kier molecular flexibility index (Phi) is 4.60. The van der Waals surface area contributed by atoms with Crippen molar-refractivity contribution in [2.75, 3.05) is 17.9 Å². The third kappa shape index (κ3) is 3.44. The maximum atomic E-state index is 12.6. The first kappa shape index (κ1) is 16.9. The number of rotatable bonds is 3. The molecule has 5 nitrogen and oxygen atoms in total. The molecule has 7 heteroatoms. The minimum Gasteiger partial charge on any atom is -0.490 e. The van der Waals surface area contributed by atoms with Gasteiger partial charge in [0, 0.05) is 18.6 Å². The SMILES string of the molecule is Cc1ccc(S(=O)(=O)Nc2cc3c(cc2Cl)OCCCO3)cc1C. The molecule has 0 unspecified atom stereocenters. The molecule has 128 valence electrons. The minimum absolute atomic E-state index is 0.189. The normalized spacial score (nSPS) is 14.1. The lowest BCUT2D eigenvalue weighted by Gasteiger charge is -2.14. The van der Waals surface area contributed by atoms with Gasteiger partial charge in [-0.2, -0.15) is 0 Å². The average Bonchev–Trinajstić information content (AvgIpc) is 2.75. The van der Waals surface area contributed by atoms with E-state index < -0.39 is 10.0 Å². The highest BCUT2D eigenvalue weighted by atomic mass is 35.5. The van der Waals surface area contributed by atoms with Crippen molar-refractivity contribution in [2.45, 2.75) is 25.2 Å². The fraction of sp³-hybridized carbons (Fsp3) is 0.294. The topological polar surface area (TPSA) is 64.6 Å². The molecule has 0 amide bonds. The van der Waals surface area contributed by atoms with Crippen LogP contribution in [-0.4, -0.2) is 21.6 Å². The lowest BCUT2D eigenvalue weighted by Crippen LogP contribution is -2.13. The van der Waals surface area contributed by atoms with Gasteiger partial charge < -0.3 is 9.47 Å². The van der Waals surface area contributed by atoms with Gasteiger partial charge in [-0.05, 0) is 37.1 Å². The van der Waals surface area contributed by atoms with E-state index in [1.165, 1.54) is 0 Å². The molecule has 1 N–H and O–H groups in total. The van der Waals surface area contributed by atoms with Crippen LogP contribution < -0.4 is 14.2 Å². The van der Waals surface area contributed by atoms with Crippen molar-refractivity contribution < 1.29 is 17.9 Å². The quantitative estimate of drug-likeness (QED) is 0.893. The van der Waals surface area contributed by atoms with E-state index in [0.29, 0.717) is 24.7 Å². The zero-order valence-electron chi connectivity index (χ0n) is 13.4. The zero-order chi connectivity index (χ0) is 17.3. The van der Waals surface area contributed by atoms with Gasteiger partial charge in [0.15, 0.2) is 11.5 Å². The fourth-order valence-corrected chi connectivity index (χ4v) is 3.76. The molecular formula is C17H18ClNO4S. The first-order chi connectivity index (χ1) is 11.4. The number of nitrogens with one attached hydrogen (secondary N) is 1. The summed E-state index contributed by atoms with van der Waals surface area (Å²) in [6.07, 6.45) is 0.760. The molecule has 1 aliphatic rings. The zero-order valence-corrected chi connectivity index (χ0v) is 15.0. The predicted octanol–water partition coefficient (Wildman–Crippen LogP) is 3.92. The molecule has 0 atom stereocenters. The minimum atomic E-state index is -3.74. The van der Waals surface area contributed by atoms with Crippen molar-refractivity contribution in [3.63, 3.8) is 0 Å². The Morgan fingerprint density at radius 3 is 2.33 bits per heavy atom. The van der Waals surface area contributed by atoms with Gasteiger partial charge in [0.25, 0.3) is 10.0 Å². The van der Waals surface area contributed by atoms with Crippen LogP contribution in [0.25, 0.3) is 0 Å². The van der Waals surface area contributed by atoms with Gasteiger partial charge in [-0.1, -0.05) is 17.7 Å². The van der Waals surface area contributed by atoms with Gasteiger partial charge in [0.2, 0.25) is 0 Å². The van der Waals surface area contributed by atoms with Crippen LogP contribution in [0, 0.1) is 13.8 Å². The smallest absolute Gasteiger partial charge is 0.261 e. The van der Waals surface area contributed by atoms with Crippen molar-refractivity contribution >= 4 is 27.3 Å². The van der Waals surface area contributed by atoms with Crippen LogP contribution in [0.2, 0.25) is 5.02 Å². The van der Waals surface area contributed by atoms with E-state index in [2.05, 4.69) is 4.72 Å². The van der Waals surface area contributed by atoms with E-state index in [1.807, 2.05) is 13.8 Å². The summed E-state index contributed by atoms with van der Waals surface area (Å²) in [5.41, 5.74) is 2.20. The van der Waals surface area contributed by atoms with Gasteiger partial charge >= 0.3 is 0 Å². The Hall–Kier alpha value is -1.92. The molecule has 2 aromatic rings. The van der Waals surface area contributed by atoms with Crippen molar-refractivity contribution in [1.82, 2.24) is 0 Å². The Morgan fingerprint density at radius 2 is 1.67 bits per heavy atom. The molecule has 3 rings (SSSR count). The van der Waals surface area contributed by atoms with Crippen molar-refractivity contribution in [3.8, 4) is 11.5 Å². The number of benzene rings is 2. The summed E-state index contributed by atoms with van der Waals surface area (Å²) in [6.45, 7) is 4.85. The summed E-state index contributed by atoms with van der Waals surface area (Å²) in [6, 6.07) is 8.11. The van der Waals surface area contributed by atoms with E-state index in [0.717, 1.165) is 17.5 Å². The predicted molar refractivity (Wildman–Crippen MR) is 93.8 cm³/mol. The Bertz CT molecular complexity index is 880. The standard InChI is InChI=1S/C17H18ClNO4S/c1-11-4-5-13(8-12(11)2)24(20,21)19-15-10-17-16(9-14(15)18)22-6-3-7-23-17/h4-5,8-10,19H,3,6-7H2,1-2H3. The Labute approximate surface area is 146 Å². The summed E-state index contributed by atoms with van der Waals surface area (Å²) in [4.78, 5) is 0.189. The molecule has 1 aliphatic heterocycles. The number of ether oxygens (including phenoxy) is 2. The highest BCUT2D eigenvalue weighted by Gasteiger charge is 2.20. The molecule has 24 heavy (non-hydrogen) atoms. The maximum absolute atomic E-state index is 12.6. The fourth-order valence-electron chi connectivity index (χ4n) is 2.35. The first-order valence-electron chi connectivity index (χ1n) is 7.56. The lowest BCUT2D eigenvalue weighted by atomic mass is 10.1. The third-order valence-electron chi connectivity index (χ3n) is 3.87. The van der Waals surface area contributed by atoms with Gasteiger partial charge in [0.05, 0.1) is 28.8 Å². The number of fused-ring (bicyclic) bond motifs is 1. The number of hydrogen-bond acceptors (Lipinski definition) is 4. The lowest BCUT2D eigenvalue weighted by molar-refractivity contribution is 0.297. The van der Waals surface area contributed by atoms with Crippen LogP contribution in [0.5, 0.6) is 11.5 Å². The van der Waals surface area contributed by atoms with E-state index in [-0.39, 0.29) is 15.6 Å². The summed E-state index contributed by atoms with van der Waals surface area (Å²) in [7, 11) is -3.74. The molecule has 2 aromatic carbocycles. The van der Waals surface area contributed by atoms with Crippen molar-refractivity contribution in [3.05, 3.63) is 46.5 Å². The van der Waals surface area contributed by atoms with Gasteiger partial charge in [-0.25, -0.2) is 8.42 Å². The Balaban J connectivity index is 1.95. The highest BCUT2D eigenvalue weighted by Crippen LogP contribution is 2.38. The summed E-state index contributed by atoms with van der Waals surface area (Å²) >= 11 is 6.20. The van der Waals surface area contributed by atoms with Crippen LogP contribution in [-0.2, 0) is 10.0 Å². The van der Waals surface area contributed by atoms with E-state index in [9.17, 15) is 8.42 Å². The average molecular weight is 368 g/mol. The molecule has 0 radical (unpaired) electrons. The monoisotopic (exact) mass is 367 g/mol. The van der Waals surface area contributed by atoms with Gasteiger partial charge in [-0.15, -0.1) is 0 Å². The van der Waals surface area contributed by atoms with Crippen LogP contribution in [0.3, 0.4) is 0 Å². The summed E-state index contributed by atoms with van der Waals surface area (Å²) < 4.78 is 38.9. The molecule has 0 saturated heterocycles. The van der Waals surface area contributed by atoms with Gasteiger partial charge in [-0.3, -0.25) is 4.72 Å². The van der Waals surface area contributed by atoms with E-state index in [1.54, 1.807) is 30.3 Å². The molecule has 1 heterocycles. The largest absolute Gasteiger partial charge is 0.490 e. The third-order valence-corrected chi connectivity index (χ3v) is 5.55. The van der Waals surface area contributed by atoms with Crippen molar-refractivity contribution in [1.29, 1.82) is 0 Å². The molecule has 0 bridgehead atoms. The molecule has 0 aliphatic carbocycles. The number of anilines is 1. The van der Waals surface area contributed by atoms with Crippen LogP contribution in [0.1, 0.15) is 17.5 Å². The van der Waals surface area contributed by atoms with E-state index in [4.69, 9.17) is 21.1 Å². The molecular weight excluding hydrogens is 350 g/mol. The summed E-state index contributed by atoms with van der Waals surface area (Å²) in [5.74, 6) is 1.00. The van der Waals surface area contributed by atoms with Crippen LogP contribution in [0.4, 0.5) is 5.69 Å². The van der Waals surface area contributed by atoms with Gasteiger partial charge in [0.1, 0.15) is 0 Å². The van der Waals surface area contributed by atoms with Crippen molar-refractivity contribution in [2.24, 2.45) is 0 Å². The maximum Gasteiger partial charge on any atom is 0.261 e. The summed E-state index contributed by atoms with van der Waals surface area (Å²) in [5, 5.41) is 0.256. The number of halogens is 1. The second-order valence-corrected chi connectivity index (χ2v) is 7.77. The Morgan fingerprint density at radius 1 is 1.00 bits per heavy atom.